The Morgan fingerprint density at radius 1 is 1.20 bits per heavy atom. The molecule has 0 spiro atoms. The van der Waals surface area contributed by atoms with Gasteiger partial charge in [-0.3, -0.25) is 19.3 Å². The van der Waals surface area contributed by atoms with E-state index in [1.807, 2.05) is 36.4 Å². The molecule has 3 amide bonds. The Bertz CT molecular complexity index is 1730. The molecule has 2 atom stereocenters. The minimum Gasteiger partial charge on any atom is -0.477 e. The zero-order valence-corrected chi connectivity index (χ0v) is 27.2. The highest BCUT2D eigenvalue weighted by Crippen LogP contribution is 2.40. The minimum absolute atomic E-state index is 0.0133. The number of aromatic nitrogens is 2. The van der Waals surface area contributed by atoms with Gasteiger partial charge in [-0.25, -0.2) is 14.3 Å². The van der Waals surface area contributed by atoms with E-state index in [1.165, 1.54) is 29.3 Å². The first-order valence-corrected chi connectivity index (χ1v) is 16.4. The maximum absolute atomic E-state index is 13.2. The zero-order valence-electron chi connectivity index (χ0n) is 24.9. The predicted octanol–water partition coefficient (Wildman–Crippen LogP) is 2.34. The van der Waals surface area contributed by atoms with Crippen LogP contribution in [0.3, 0.4) is 0 Å². The van der Waals surface area contributed by atoms with E-state index in [0.717, 1.165) is 29.7 Å². The highest BCUT2D eigenvalue weighted by atomic mass is 35.5. The molecule has 0 aliphatic carbocycles. The lowest BCUT2D eigenvalue weighted by Crippen LogP contribution is -2.71. The molecule has 1 fully saturated rings. The molecule has 0 bridgehead atoms. The number of hydrogen-bond acceptors (Lipinski definition) is 10. The highest BCUT2D eigenvalue weighted by molar-refractivity contribution is 8.00. The molecule has 16 heteroatoms. The highest BCUT2D eigenvalue weighted by Gasteiger charge is 2.55. The van der Waals surface area contributed by atoms with Gasteiger partial charge < -0.3 is 26.3 Å². The Balaban J connectivity index is 1.22. The van der Waals surface area contributed by atoms with Gasteiger partial charge in [-0.15, -0.1) is 11.8 Å². The van der Waals surface area contributed by atoms with E-state index in [9.17, 15) is 24.3 Å². The number of fused-ring (bicyclic) bond motifs is 1. The fourth-order valence-corrected chi connectivity index (χ4v) is 7.35. The number of halogens is 1. The molecule has 5 N–H and O–H groups in total. The van der Waals surface area contributed by atoms with Gasteiger partial charge in [0, 0.05) is 35.6 Å². The van der Waals surface area contributed by atoms with Crippen molar-refractivity contribution in [3.63, 3.8) is 0 Å². The number of nitrogens with one attached hydrogen (secondary N) is 2. The molecule has 13 nitrogen and oxygen atoms in total. The predicted molar refractivity (Wildman–Crippen MR) is 173 cm³/mol. The first kappa shape index (κ1) is 32.9. The van der Waals surface area contributed by atoms with E-state index in [2.05, 4.69) is 27.7 Å². The summed E-state index contributed by atoms with van der Waals surface area (Å²) in [4.78, 5) is 61.1. The summed E-state index contributed by atoms with van der Waals surface area (Å²) < 4.78 is 1.93. The summed E-state index contributed by atoms with van der Waals surface area (Å²) in [6.45, 7) is 2.66. The third-order valence-corrected chi connectivity index (χ3v) is 9.73. The normalized spacial score (nSPS) is 17.7. The number of oxime groups is 1. The summed E-state index contributed by atoms with van der Waals surface area (Å²) in [5, 5.41) is 18.8. The minimum atomic E-state index is -1.24. The Kier molecular flexibility index (Phi) is 10.2. The molecule has 2 aliphatic rings. The van der Waals surface area contributed by atoms with E-state index < -0.39 is 29.2 Å². The van der Waals surface area contributed by atoms with Crippen molar-refractivity contribution in [3.8, 4) is 0 Å². The van der Waals surface area contributed by atoms with Crippen molar-refractivity contribution in [2.24, 2.45) is 5.16 Å². The lowest BCUT2D eigenvalue weighted by molar-refractivity contribution is -0.689. The van der Waals surface area contributed by atoms with Crippen molar-refractivity contribution in [2.45, 2.75) is 44.3 Å². The summed E-state index contributed by atoms with van der Waals surface area (Å²) in [7, 11) is 1.24. The van der Waals surface area contributed by atoms with Crippen molar-refractivity contribution < 1.29 is 33.7 Å². The fourth-order valence-electron chi connectivity index (χ4n) is 5.09. The fraction of sp³-hybridized carbons (Fsp3) is 0.300. The Labute approximate surface area is 277 Å². The number of pyridine rings is 1. The summed E-state index contributed by atoms with van der Waals surface area (Å²) in [5.41, 5.74) is 8.51. The van der Waals surface area contributed by atoms with Gasteiger partial charge in [0.15, 0.2) is 29.8 Å². The number of carboxylic acids is 1. The summed E-state index contributed by atoms with van der Waals surface area (Å²) in [5.74, 6) is -2.43. The average molecular weight is 685 g/mol. The van der Waals surface area contributed by atoms with E-state index in [1.54, 1.807) is 17.0 Å². The number of nitrogen functional groups attached to an aromatic ring is 1. The molecule has 0 radical (unpaired) electrons. The number of thioether (sulfide) groups is 1. The topological polar surface area (TPSA) is 180 Å². The third kappa shape index (κ3) is 7.00. The van der Waals surface area contributed by atoms with Crippen molar-refractivity contribution >= 4 is 69.2 Å². The number of aryl methyl sites for hydroxylation is 1. The molecule has 46 heavy (non-hydrogen) atoms. The van der Waals surface area contributed by atoms with Gasteiger partial charge >= 0.3 is 5.97 Å². The second-order valence-electron chi connectivity index (χ2n) is 10.4. The first-order chi connectivity index (χ1) is 22.1. The Morgan fingerprint density at radius 2 is 1.91 bits per heavy atom. The van der Waals surface area contributed by atoms with Crippen LogP contribution in [-0.2, 0) is 38.7 Å². The smallest absolute Gasteiger partial charge is 0.352 e. The second kappa shape index (κ2) is 14.3. The maximum Gasteiger partial charge on any atom is 0.352 e. The number of carbonyl (C=O) groups is 4. The van der Waals surface area contributed by atoms with E-state index >= 15 is 0 Å². The van der Waals surface area contributed by atoms with Crippen molar-refractivity contribution in [1.29, 1.82) is 0 Å². The lowest BCUT2D eigenvalue weighted by atomic mass is 10.0. The molecule has 0 saturated carbocycles. The number of nitrogens with two attached hydrogens (primary N) is 1. The van der Waals surface area contributed by atoms with Crippen LogP contribution in [0.4, 0.5) is 5.13 Å². The van der Waals surface area contributed by atoms with Crippen LogP contribution in [-0.4, -0.2) is 68.7 Å². The maximum atomic E-state index is 13.2. The van der Waals surface area contributed by atoms with Crippen LogP contribution in [0.2, 0.25) is 4.34 Å². The van der Waals surface area contributed by atoms with Crippen LogP contribution in [0.5, 0.6) is 0 Å². The average Bonchev–Trinajstić information content (AvgIpc) is 3.38. The second-order valence-corrected chi connectivity index (χ2v) is 13.2. The number of hydrogen-bond donors (Lipinski definition) is 4. The van der Waals surface area contributed by atoms with Crippen LogP contribution in [0.15, 0.2) is 65.2 Å². The zero-order chi connectivity index (χ0) is 33.0. The van der Waals surface area contributed by atoms with Gasteiger partial charge in [0.25, 0.3) is 17.7 Å². The van der Waals surface area contributed by atoms with Gasteiger partial charge in [-0.05, 0) is 29.7 Å². The molecule has 5 rings (SSSR count). The van der Waals surface area contributed by atoms with E-state index in [-0.39, 0.29) is 39.0 Å². The number of amides is 3. The number of aliphatic carboxylic acids is 1. The molecule has 2 aliphatic heterocycles. The number of carboxylic acid groups (broad SMARTS) is 1. The standard InChI is InChI=1S/C30H30ClN7O6S2/c1-3-4-16-5-7-18(8-6-16)25(39)33-13-17-9-11-37(12-10-17)14-19-15-45-28-22(27(41)38(28)23(19)29(42)43)34-26(40)21(36-44-2)20-24(31)46-30(32)35-20/h5-12,22,28H,3-4,13-15H2,1-2H3,(H4-,32,33,34,35,39,40,42,43)/p+1/b36-21-/t22-,28-/m1/s1. The number of β-lactam (4-membered cyclic amide) rings is 1. The molecule has 0 unspecified atom stereocenters. The van der Waals surface area contributed by atoms with Gasteiger partial charge in [0.05, 0.1) is 0 Å². The molecule has 4 heterocycles. The van der Waals surface area contributed by atoms with Crippen molar-refractivity contribution in [1.82, 2.24) is 20.5 Å². The number of nitrogens with zero attached hydrogens (tertiary/aromatic N) is 4. The number of carbonyl (C=O) groups excluding carboxylic acids is 3. The van der Waals surface area contributed by atoms with Gasteiger partial charge in [-0.1, -0.05) is 53.6 Å². The first-order valence-electron chi connectivity index (χ1n) is 14.2. The molecule has 1 aromatic carbocycles. The van der Waals surface area contributed by atoms with Crippen LogP contribution in [0.1, 0.15) is 40.5 Å². The van der Waals surface area contributed by atoms with Crippen LogP contribution in [0, 0.1) is 0 Å². The number of anilines is 1. The summed E-state index contributed by atoms with van der Waals surface area (Å²) in [6.07, 6.45) is 5.59. The van der Waals surface area contributed by atoms with Gasteiger partial charge in [0.2, 0.25) is 0 Å². The number of benzene rings is 1. The van der Waals surface area contributed by atoms with Crippen LogP contribution < -0.4 is 20.9 Å². The van der Waals surface area contributed by atoms with Gasteiger partial charge in [0.1, 0.15) is 34.3 Å². The molecule has 1 saturated heterocycles. The Morgan fingerprint density at radius 3 is 2.52 bits per heavy atom. The molecular formula is C30H31ClN7O6S2+. The van der Waals surface area contributed by atoms with Crippen LogP contribution >= 0.6 is 34.7 Å². The van der Waals surface area contributed by atoms with Gasteiger partial charge in [-0.2, -0.15) is 0 Å². The quantitative estimate of drug-likeness (QED) is 0.0964. The third-order valence-electron chi connectivity index (χ3n) is 7.30. The monoisotopic (exact) mass is 684 g/mol. The Hall–Kier alpha value is -4.47. The van der Waals surface area contributed by atoms with E-state index in [4.69, 9.17) is 22.2 Å². The summed E-state index contributed by atoms with van der Waals surface area (Å²) >= 11 is 8.43. The molecular weight excluding hydrogens is 654 g/mol. The number of thiazole rings is 1. The lowest BCUT2D eigenvalue weighted by Gasteiger charge is -2.49. The van der Waals surface area contributed by atoms with Crippen LogP contribution in [0.25, 0.3) is 0 Å². The molecule has 2 aromatic heterocycles. The largest absolute Gasteiger partial charge is 0.477 e. The van der Waals surface area contributed by atoms with E-state index in [0.29, 0.717) is 23.4 Å². The molecule has 240 valence electrons. The van der Waals surface area contributed by atoms with Crippen molar-refractivity contribution in [3.05, 3.63) is 86.8 Å². The number of rotatable bonds is 12. The molecule has 3 aromatic rings. The van der Waals surface area contributed by atoms with Crippen molar-refractivity contribution in [2.75, 3.05) is 18.6 Å². The SMILES string of the molecule is CCCc1ccc(C(=O)NCc2cc[n+](CC3=C(C(=O)O)N4C(=O)[C@@H](NC(=O)/C(=N\OC)c5nc(N)sc5Cl)[C@H]4SC3)cc2)cc1. The summed E-state index contributed by atoms with van der Waals surface area (Å²) in [6, 6.07) is 10.2.